The van der Waals surface area contributed by atoms with Crippen molar-refractivity contribution in [3.05, 3.63) is 36.0 Å². The van der Waals surface area contributed by atoms with Crippen LogP contribution in [0.1, 0.15) is 32.4 Å². The number of hydrogen-bond acceptors (Lipinski definition) is 5. The van der Waals surface area contributed by atoms with Crippen molar-refractivity contribution in [2.45, 2.75) is 39.7 Å². The molecule has 1 heterocycles. The van der Waals surface area contributed by atoms with Gasteiger partial charge in [-0.15, -0.1) is 0 Å². The van der Waals surface area contributed by atoms with Crippen molar-refractivity contribution >= 4 is 23.1 Å². The highest BCUT2D eigenvalue weighted by Gasteiger charge is 2.21. The topological polar surface area (TPSA) is 53.1 Å². The first kappa shape index (κ1) is 15.6. The molecule has 2 N–H and O–H groups in total. The van der Waals surface area contributed by atoms with E-state index in [9.17, 15) is 0 Å². The summed E-state index contributed by atoms with van der Waals surface area (Å²) >= 11 is 0. The fourth-order valence-corrected chi connectivity index (χ4v) is 2.61. The van der Waals surface area contributed by atoms with E-state index in [0.717, 1.165) is 30.3 Å². The van der Waals surface area contributed by atoms with Gasteiger partial charge in [-0.05, 0) is 57.9 Å². The summed E-state index contributed by atoms with van der Waals surface area (Å²) in [7, 11) is 0. The summed E-state index contributed by atoms with van der Waals surface area (Å²) in [5.41, 5.74) is 3.20. The Balaban J connectivity index is 1.72. The Morgan fingerprint density at radius 3 is 2.39 bits per heavy atom. The Bertz CT molecular complexity index is 645. The predicted octanol–water partition coefficient (Wildman–Crippen LogP) is 3.95. The van der Waals surface area contributed by atoms with Gasteiger partial charge >= 0.3 is 0 Å². The van der Waals surface area contributed by atoms with E-state index >= 15 is 0 Å². The molecule has 122 valence electrons. The Morgan fingerprint density at radius 2 is 1.78 bits per heavy atom. The lowest BCUT2D eigenvalue weighted by Crippen LogP contribution is -2.21. The van der Waals surface area contributed by atoms with Crippen LogP contribution in [0, 0.1) is 6.92 Å². The summed E-state index contributed by atoms with van der Waals surface area (Å²) in [6.07, 6.45) is 2.47. The van der Waals surface area contributed by atoms with Crippen LogP contribution in [-0.4, -0.2) is 29.1 Å². The van der Waals surface area contributed by atoms with E-state index in [1.165, 1.54) is 18.5 Å². The van der Waals surface area contributed by atoms with Crippen molar-refractivity contribution < 1.29 is 0 Å². The molecule has 3 rings (SSSR count). The van der Waals surface area contributed by atoms with Crippen LogP contribution in [0.2, 0.25) is 0 Å². The van der Waals surface area contributed by atoms with Gasteiger partial charge in [0.2, 0.25) is 5.95 Å². The van der Waals surface area contributed by atoms with Crippen molar-refractivity contribution in [1.29, 1.82) is 0 Å². The lowest BCUT2D eigenvalue weighted by Gasteiger charge is -2.21. The van der Waals surface area contributed by atoms with Crippen LogP contribution in [0.5, 0.6) is 0 Å². The SMILES string of the molecule is CCN(CC)c1ccc(Nc2nc(C)cc(NC3CC3)n2)cc1. The Labute approximate surface area is 138 Å². The maximum Gasteiger partial charge on any atom is 0.229 e. The van der Waals surface area contributed by atoms with E-state index in [2.05, 4.69) is 63.6 Å². The Kier molecular flexibility index (Phi) is 4.65. The molecule has 0 amide bonds. The number of aromatic nitrogens is 2. The number of hydrogen-bond donors (Lipinski definition) is 2. The maximum atomic E-state index is 4.56. The van der Waals surface area contributed by atoms with Gasteiger partial charge in [-0.25, -0.2) is 4.98 Å². The molecule has 1 fully saturated rings. The maximum absolute atomic E-state index is 4.56. The average molecular weight is 311 g/mol. The zero-order valence-electron chi connectivity index (χ0n) is 14.1. The van der Waals surface area contributed by atoms with Crippen LogP contribution in [-0.2, 0) is 0 Å². The van der Waals surface area contributed by atoms with Gasteiger partial charge < -0.3 is 15.5 Å². The molecule has 0 aliphatic heterocycles. The molecule has 23 heavy (non-hydrogen) atoms. The third-order valence-corrected chi connectivity index (χ3v) is 4.04. The van der Waals surface area contributed by atoms with E-state index in [1.807, 2.05) is 13.0 Å². The largest absolute Gasteiger partial charge is 0.372 e. The number of benzene rings is 1. The van der Waals surface area contributed by atoms with Crippen molar-refractivity contribution in [3.8, 4) is 0 Å². The van der Waals surface area contributed by atoms with E-state index in [-0.39, 0.29) is 0 Å². The highest BCUT2D eigenvalue weighted by molar-refractivity contribution is 5.60. The van der Waals surface area contributed by atoms with Crippen molar-refractivity contribution in [2.24, 2.45) is 0 Å². The highest BCUT2D eigenvalue weighted by atomic mass is 15.2. The molecular weight excluding hydrogens is 286 g/mol. The second-order valence-electron chi connectivity index (χ2n) is 5.98. The monoisotopic (exact) mass is 311 g/mol. The standard InChI is InChI=1S/C18H25N5/c1-4-23(5-2)16-10-8-15(9-11-16)21-18-19-13(3)12-17(22-18)20-14-6-7-14/h8-12,14H,4-7H2,1-3H3,(H2,19,20,21,22). The molecule has 0 spiro atoms. The molecule has 0 atom stereocenters. The van der Waals surface area contributed by atoms with E-state index in [4.69, 9.17) is 0 Å². The molecular formula is C18H25N5. The summed E-state index contributed by atoms with van der Waals surface area (Å²) in [6, 6.07) is 11.0. The van der Waals surface area contributed by atoms with Gasteiger partial charge in [0, 0.05) is 42.3 Å². The van der Waals surface area contributed by atoms with Gasteiger partial charge in [0.15, 0.2) is 0 Å². The zero-order valence-corrected chi connectivity index (χ0v) is 14.1. The molecule has 2 aromatic rings. The third-order valence-electron chi connectivity index (χ3n) is 4.04. The second-order valence-corrected chi connectivity index (χ2v) is 5.98. The zero-order chi connectivity index (χ0) is 16.2. The van der Waals surface area contributed by atoms with Crippen LogP contribution >= 0.6 is 0 Å². The number of nitrogens with zero attached hydrogens (tertiary/aromatic N) is 3. The third kappa shape index (κ3) is 4.12. The van der Waals surface area contributed by atoms with Gasteiger partial charge in [-0.2, -0.15) is 4.98 Å². The minimum Gasteiger partial charge on any atom is -0.372 e. The molecule has 5 heteroatoms. The Morgan fingerprint density at radius 1 is 1.09 bits per heavy atom. The second kappa shape index (κ2) is 6.86. The van der Waals surface area contributed by atoms with Gasteiger partial charge in [0.1, 0.15) is 5.82 Å². The lowest BCUT2D eigenvalue weighted by molar-refractivity contribution is 0.866. The number of nitrogens with one attached hydrogen (secondary N) is 2. The summed E-state index contributed by atoms with van der Waals surface area (Å²) < 4.78 is 0. The molecule has 0 radical (unpaired) electrons. The minimum absolute atomic E-state index is 0.588. The quantitative estimate of drug-likeness (QED) is 0.811. The highest BCUT2D eigenvalue weighted by Crippen LogP contribution is 2.25. The molecule has 5 nitrogen and oxygen atoms in total. The van der Waals surface area contributed by atoms with E-state index < -0.39 is 0 Å². The predicted molar refractivity (Wildman–Crippen MR) is 96.7 cm³/mol. The normalized spacial score (nSPS) is 13.7. The summed E-state index contributed by atoms with van der Waals surface area (Å²) in [5.74, 6) is 1.55. The molecule has 1 aromatic carbocycles. The molecule has 1 aromatic heterocycles. The molecule has 1 aliphatic carbocycles. The molecule has 0 unspecified atom stereocenters. The molecule has 1 saturated carbocycles. The van der Waals surface area contributed by atoms with Crippen molar-refractivity contribution in [3.63, 3.8) is 0 Å². The van der Waals surface area contributed by atoms with Gasteiger partial charge in [-0.1, -0.05) is 0 Å². The number of aryl methyl sites for hydroxylation is 1. The van der Waals surface area contributed by atoms with Gasteiger partial charge in [0.25, 0.3) is 0 Å². The number of anilines is 4. The molecule has 0 bridgehead atoms. The Hall–Kier alpha value is -2.30. The smallest absolute Gasteiger partial charge is 0.229 e. The molecule has 0 saturated heterocycles. The van der Waals surface area contributed by atoms with Crippen molar-refractivity contribution in [1.82, 2.24) is 9.97 Å². The van der Waals surface area contributed by atoms with E-state index in [0.29, 0.717) is 12.0 Å². The minimum atomic E-state index is 0.588. The first-order valence-electron chi connectivity index (χ1n) is 8.42. The first-order chi connectivity index (χ1) is 11.2. The van der Waals surface area contributed by atoms with Crippen LogP contribution in [0.15, 0.2) is 30.3 Å². The van der Waals surface area contributed by atoms with Crippen LogP contribution in [0.25, 0.3) is 0 Å². The number of rotatable bonds is 7. The average Bonchev–Trinajstić information content (AvgIpc) is 3.33. The van der Waals surface area contributed by atoms with Gasteiger partial charge in [-0.3, -0.25) is 0 Å². The first-order valence-corrected chi connectivity index (χ1v) is 8.42. The van der Waals surface area contributed by atoms with Crippen LogP contribution in [0.3, 0.4) is 0 Å². The summed E-state index contributed by atoms with van der Waals surface area (Å²) in [6.45, 7) is 8.37. The van der Waals surface area contributed by atoms with E-state index in [1.54, 1.807) is 0 Å². The van der Waals surface area contributed by atoms with Crippen LogP contribution < -0.4 is 15.5 Å². The summed E-state index contributed by atoms with van der Waals surface area (Å²) in [5, 5.41) is 6.72. The van der Waals surface area contributed by atoms with Crippen molar-refractivity contribution in [2.75, 3.05) is 28.6 Å². The van der Waals surface area contributed by atoms with Gasteiger partial charge in [0.05, 0.1) is 0 Å². The molecule has 1 aliphatic rings. The lowest BCUT2D eigenvalue weighted by atomic mass is 10.2. The fraction of sp³-hybridized carbons (Fsp3) is 0.444. The van der Waals surface area contributed by atoms with Crippen LogP contribution in [0.4, 0.5) is 23.1 Å². The summed E-state index contributed by atoms with van der Waals surface area (Å²) in [4.78, 5) is 11.4. The fourth-order valence-electron chi connectivity index (χ4n) is 2.61.